The molecule has 2 heterocycles. The predicted molar refractivity (Wildman–Crippen MR) is 81.6 cm³/mol. The highest BCUT2D eigenvalue weighted by atomic mass is 16.3. The van der Waals surface area contributed by atoms with Crippen LogP contribution in [0.5, 0.6) is 0 Å². The van der Waals surface area contributed by atoms with Crippen molar-refractivity contribution in [3.8, 4) is 0 Å². The molecule has 3 atom stereocenters. The van der Waals surface area contributed by atoms with Gasteiger partial charge in [0.2, 0.25) is 5.91 Å². The smallest absolute Gasteiger partial charge is 0.239 e. The highest BCUT2D eigenvalue weighted by molar-refractivity contribution is 5.82. The van der Waals surface area contributed by atoms with E-state index in [4.69, 9.17) is 5.73 Å². The molecule has 0 saturated carbocycles. The van der Waals surface area contributed by atoms with E-state index < -0.39 is 6.04 Å². The summed E-state index contributed by atoms with van der Waals surface area (Å²) in [5.41, 5.74) is 7.35. The van der Waals surface area contributed by atoms with Gasteiger partial charge in [-0.05, 0) is 44.1 Å². The Balaban J connectivity index is 1.58. The number of aliphatic hydroxyl groups is 1. The van der Waals surface area contributed by atoms with Crippen molar-refractivity contribution in [2.75, 3.05) is 0 Å². The van der Waals surface area contributed by atoms with Gasteiger partial charge in [0.1, 0.15) is 0 Å². The molecule has 3 N–H and O–H groups in total. The first-order valence-electron chi connectivity index (χ1n) is 7.95. The van der Waals surface area contributed by atoms with E-state index in [1.807, 2.05) is 23.1 Å². The number of carbonyl (C=O) groups excluding carboxylic acids is 1. The average molecular weight is 288 g/mol. The molecule has 1 amide bonds. The Morgan fingerprint density at radius 1 is 1.24 bits per heavy atom. The van der Waals surface area contributed by atoms with E-state index >= 15 is 0 Å². The number of rotatable bonds is 4. The summed E-state index contributed by atoms with van der Waals surface area (Å²) in [5.74, 6) is 0.0744. The lowest BCUT2D eigenvalue weighted by Crippen LogP contribution is -2.53. The SMILES string of the molecule is NC(CCc1ccccc1)C(=O)N1C2CCC1CC(O)C2. The molecule has 1 aromatic carbocycles. The highest BCUT2D eigenvalue weighted by Crippen LogP contribution is 2.36. The maximum atomic E-state index is 12.6. The Kier molecular flexibility index (Phi) is 4.27. The van der Waals surface area contributed by atoms with E-state index in [1.54, 1.807) is 0 Å². The fourth-order valence-corrected chi connectivity index (χ4v) is 3.79. The lowest BCUT2D eigenvalue weighted by atomic mass is 9.97. The molecular weight excluding hydrogens is 264 g/mol. The summed E-state index contributed by atoms with van der Waals surface area (Å²) in [7, 11) is 0. The van der Waals surface area contributed by atoms with Gasteiger partial charge in [-0.1, -0.05) is 30.3 Å². The molecule has 4 nitrogen and oxygen atoms in total. The van der Waals surface area contributed by atoms with Crippen molar-refractivity contribution in [1.29, 1.82) is 0 Å². The van der Waals surface area contributed by atoms with Gasteiger partial charge in [0, 0.05) is 12.1 Å². The maximum absolute atomic E-state index is 12.6. The van der Waals surface area contributed by atoms with Crippen LogP contribution >= 0.6 is 0 Å². The number of benzene rings is 1. The molecule has 2 saturated heterocycles. The van der Waals surface area contributed by atoms with Crippen molar-refractivity contribution in [2.45, 2.75) is 62.8 Å². The van der Waals surface area contributed by atoms with Crippen LogP contribution in [0.1, 0.15) is 37.7 Å². The first-order chi connectivity index (χ1) is 10.1. The number of aryl methyl sites for hydroxylation is 1. The Bertz CT molecular complexity index is 477. The van der Waals surface area contributed by atoms with E-state index in [2.05, 4.69) is 12.1 Å². The molecule has 0 spiro atoms. The van der Waals surface area contributed by atoms with Gasteiger partial charge < -0.3 is 15.7 Å². The van der Waals surface area contributed by atoms with Crippen molar-refractivity contribution in [1.82, 2.24) is 4.90 Å². The standard InChI is InChI=1S/C17H24N2O2/c18-16(9-6-12-4-2-1-3-5-12)17(21)19-13-7-8-14(19)11-15(20)10-13/h1-5,13-16,20H,6-11,18H2. The van der Waals surface area contributed by atoms with Crippen molar-refractivity contribution in [3.05, 3.63) is 35.9 Å². The molecular formula is C17H24N2O2. The van der Waals surface area contributed by atoms with Crippen LogP contribution in [-0.2, 0) is 11.2 Å². The molecule has 3 rings (SSSR count). The molecule has 21 heavy (non-hydrogen) atoms. The van der Waals surface area contributed by atoms with Crippen molar-refractivity contribution < 1.29 is 9.90 Å². The minimum absolute atomic E-state index is 0.0744. The Hall–Kier alpha value is -1.39. The molecule has 2 aliphatic rings. The van der Waals surface area contributed by atoms with E-state index in [1.165, 1.54) is 5.56 Å². The van der Waals surface area contributed by atoms with Gasteiger partial charge in [0.15, 0.2) is 0 Å². The Labute approximate surface area is 125 Å². The van der Waals surface area contributed by atoms with Crippen LogP contribution in [0, 0.1) is 0 Å². The van der Waals surface area contributed by atoms with Gasteiger partial charge in [-0.15, -0.1) is 0 Å². The van der Waals surface area contributed by atoms with Gasteiger partial charge in [0.25, 0.3) is 0 Å². The number of nitrogens with two attached hydrogens (primary N) is 1. The molecule has 0 aromatic heterocycles. The fourth-order valence-electron chi connectivity index (χ4n) is 3.79. The number of aliphatic hydroxyl groups excluding tert-OH is 1. The molecule has 1 aromatic rings. The molecule has 2 bridgehead atoms. The van der Waals surface area contributed by atoms with Crippen LogP contribution in [0.3, 0.4) is 0 Å². The van der Waals surface area contributed by atoms with E-state index in [9.17, 15) is 9.90 Å². The van der Waals surface area contributed by atoms with Crippen LogP contribution in [0.15, 0.2) is 30.3 Å². The molecule has 3 unspecified atom stereocenters. The van der Waals surface area contributed by atoms with Crippen molar-refractivity contribution >= 4 is 5.91 Å². The van der Waals surface area contributed by atoms with Gasteiger partial charge in [-0.3, -0.25) is 4.79 Å². The summed E-state index contributed by atoms with van der Waals surface area (Å²) in [6.45, 7) is 0. The lowest BCUT2D eigenvalue weighted by Gasteiger charge is -2.38. The van der Waals surface area contributed by atoms with Gasteiger partial charge in [0.05, 0.1) is 12.1 Å². The normalized spacial score (nSPS) is 29.4. The highest BCUT2D eigenvalue weighted by Gasteiger charge is 2.43. The quantitative estimate of drug-likeness (QED) is 0.881. The van der Waals surface area contributed by atoms with E-state index in [-0.39, 0.29) is 24.1 Å². The largest absolute Gasteiger partial charge is 0.393 e. The molecule has 0 aliphatic carbocycles. The minimum Gasteiger partial charge on any atom is -0.393 e. The zero-order chi connectivity index (χ0) is 14.8. The zero-order valence-corrected chi connectivity index (χ0v) is 12.3. The number of hydrogen-bond acceptors (Lipinski definition) is 3. The number of piperidine rings is 1. The number of fused-ring (bicyclic) bond motifs is 2. The Morgan fingerprint density at radius 2 is 1.86 bits per heavy atom. The third-order valence-electron chi connectivity index (χ3n) is 4.87. The van der Waals surface area contributed by atoms with Crippen molar-refractivity contribution in [2.24, 2.45) is 5.73 Å². The van der Waals surface area contributed by atoms with E-state index in [0.717, 1.165) is 19.3 Å². The summed E-state index contributed by atoms with van der Waals surface area (Å²) in [4.78, 5) is 14.6. The van der Waals surface area contributed by atoms with Gasteiger partial charge in [-0.25, -0.2) is 0 Å². The summed E-state index contributed by atoms with van der Waals surface area (Å²) in [6.07, 6.45) is 4.73. The molecule has 4 heteroatoms. The number of carbonyl (C=O) groups is 1. The summed E-state index contributed by atoms with van der Waals surface area (Å²) < 4.78 is 0. The fraction of sp³-hybridized carbons (Fsp3) is 0.588. The van der Waals surface area contributed by atoms with Crippen LogP contribution in [0.25, 0.3) is 0 Å². The van der Waals surface area contributed by atoms with Crippen LogP contribution in [0.2, 0.25) is 0 Å². The van der Waals surface area contributed by atoms with Crippen LogP contribution in [-0.4, -0.2) is 40.1 Å². The van der Waals surface area contributed by atoms with Crippen molar-refractivity contribution in [3.63, 3.8) is 0 Å². The third-order valence-corrected chi connectivity index (χ3v) is 4.87. The molecule has 2 fully saturated rings. The average Bonchev–Trinajstić information content (AvgIpc) is 2.77. The number of amides is 1. The zero-order valence-electron chi connectivity index (χ0n) is 12.3. The molecule has 2 aliphatic heterocycles. The number of hydrogen-bond donors (Lipinski definition) is 2. The topological polar surface area (TPSA) is 66.6 Å². The van der Waals surface area contributed by atoms with Crippen LogP contribution < -0.4 is 5.73 Å². The van der Waals surface area contributed by atoms with Gasteiger partial charge in [-0.2, -0.15) is 0 Å². The first-order valence-corrected chi connectivity index (χ1v) is 7.95. The molecule has 0 radical (unpaired) electrons. The second-order valence-electron chi connectivity index (χ2n) is 6.39. The number of nitrogens with zero attached hydrogens (tertiary/aromatic N) is 1. The summed E-state index contributed by atoms with van der Waals surface area (Å²) in [6, 6.07) is 10.1. The maximum Gasteiger partial charge on any atom is 0.239 e. The predicted octanol–water partition coefficient (Wildman–Crippen LogP) is 1.46. The first kappa shape index (κ1) is 14.5. The third kappa shape index (κ3) is 3.11. The van der Waals surface area contributed by atoms with Gasteiger partial charge >= 0.3 is 0 Å². The second-order valence-corrected chi connectivity index (χ2v) is 6.39. The molecule has 114 valence electrons. The lowest BCUT2D eigenvalue weighted by molar-refractivity contribution is -0.139. The second kappa shape index (κ2) is 6.16. The minimum atomic E-state index is -0.427. The monoisotopic (exact) mass is 288 g/mol. The summed E-state index contributed by atoms with van der Waals surface area (Å²) >= 11 is 0. The van der Waals surface area contributed by atoms with E-state index in [0.29, 0.717) is 19.3 Å². The summed E-state index contributed by atoms with van der Waals surface area (Å²) in [5, 5.41) is 9.81. The van der Waals surface area contributed by atoms with Crippen LogP contribution in [0.4, 0.5) is 0 Å². The Morgan fingerprint density at radius 3 is 2.48 bits per heavy atom.